The molecule has 94 valence electrons. The number of esters is 1. The second kappa shape index (κ2) is 5.56. The minimum atomic E-state index is -3.96. The topological polar surface area (TPSA) is 60.4 Å². The molecule has 0 fully saturated rings. The number of hydrogen-bond acceptors (Lipinski definition) is 4. The molecule has 0 spiro atoms. The molecular formula is C9H7BrCl2O4S. The summed E-state index contributed by atoms with van der Waals surface area (Å²) in [4.78, 5) is 11.3. The highest BCUT2D eigenvalue weighted by atomic mass is 79.9. The van der Waals surface area contributed by atoms with Gasteiger partial charge >= 0.3 is 5.97 Å². The van der Waals surface area contributed by atoms with Crippen molar-refractivity contribution in [1.82, 2.24) is 0 Å². The van der Waals surface area contributed by atoms with Gasteiger partial charge in [-0.2, -0.15) is 0 Å². The van der Waals surface area contributed by atoms with Crippen molar-refractivity contribution in [1.29, 1.82) is 0 Å². The molecule has 0 N–H and O–H groups in total. The molecule has 1 rings (SSSR count). The fourth-order valence-electron chi connectivity index (χ4n) is 1.08. The molecule has 0 saturated heterocycles. The monoisotopic (exact) mass is 360 g/mol. The fourth-order valence-corrected chi connectivity index (χ4v) is 3.65. The van der Waals surface area contributed by atoms with Crippen LogP contribution in [0.15, 0.2) is 21.5 Å². The van der Waals surface area contributed by atoms with E-state index in [1.54, 1.807) is 6.92 Å². The highest BCUT2D eigenvalue weighted by molar-refractivity contribution is 9.10. The van der Waals surface area contributed by atoms with Crippen molar-refractivity contribution in [2.45, 2.75) is 11.8 Å². The maximum Gasteiger partial charge on any atom is 0.339 e. The maximum atomic E-state index is 11.5. The quantitative estimate of drug-likeness (QED) is 0.612. The van der Waals surface area contributed by atoms with Crippen LogP contribution < -0.4 is 0 Å². The third kappa shape index (κ3) is 3.58. The molecule has 0 aliphatic carbocycles. The zero-order valence-electron chi connectivity index (χ0n) is 8.54. The molecule has 0 heterocycles. The molecule has 0 radical (unpaired) electrons. The fraction of sp³-hybridized carbons (Fsp3) is 0.222. The molecule has 8 heteroatoms. The molecular weight excluding hydrogens is 355 g/mol. The van der Waals surface area contributed by atoms with E-state index in [1.807, 2.05) is 0 Å². The summed E-state index contributed by atoms with van der Waals surface area (Å²) in [5, 5.41) is 0.0828. The van der Waals surface area contributed by atoms with E-state index < -0.39 is 15.0 Å². The van der Waals surface area contributed by atoms with Gasteiger partial charge in [0.1, 0.15) is 0 Å². The average molecular weight is 362 g/mol. The Balaban J connectivity index is 3.39. The minimum Gasteiger partial charge on any atom is -0.462 e. The van der Waals surface area contributed by atoms with Gasteiger partial charge < -0.3 is 4.74 Å². The van der Waals surface area contributed by atoms with Crippen molar-refractivity contribution in [2.24, 2.45) is 0 Å². The maximum absolute atomic E-state index is 11.5. The number of halogens is 3. The van der Waals surface area contributed by atoms with Gasteiger partial charge in [0.05, 0.1) is 22.1 Å². The van der Waals surface area contributed by atoms with Gasteiger partial charge in [-0.3, -0.25) is 0 Å². The first-order chi connectivity index (χ1) is 7.77. The lowest BCUT2D eigenvalue weighted by Gasteiger charge is -2.07. The van der Waals surface area contributed by atoms with Gasteiger partial charge in [0.15, 0.2) is 0 Å². The summed E-state index contributed by atoms with van der Waals surface area (Å²) < 4.78 is 27.4. The lowest BCUT2D eigenvalue weighted by atomic mass is 10.2. The minimum absolute atomic E-state index is 0.0454. The van der Waals surface area contributed by atoms with Gasteiger partial charge in [0.2, 0.25) is 0 Å². The third-order valence-electron chi connectivity index (χ3n) is 1.78. The standard InChI is InChI=1S/C9H7BrCl2O4S/c1-2-16-9(13)5-3-8(17(12,14)15)6(10)4-7(5)11/h3-4H,2H2,1H3. The molecule has 17 heavy (non-hydrogen) atoms. The third-order valence-corrected chi connectivity index (χ3v) is 4.37. The van der Waals surface area contributed by atoms with Crippen molar-refractivity contribution < 1.29 is 17.9 Å². The molecule has 0 aromatic heterocycles. The van der Waals surface area contributed by atoms with Crippen molar-refractivity contribution in [3.8, 4) is 0 Å². The van der Waals surface area contributed by atoms with Crippen LogP contribution in [0.1, 0.15) is 17.3 Å². The van der Waals surface area contributed by atoms with Gasteiger partial charge in [-0.25, -0.2) is 13.2 Å². The van der Waals surface area contributed by atoms with Crippen molar-refractivity contribution in [3.05, 3.63) is 27.2 Å². The van der Waals surface area contributed by atoms with E-state index in [-0.39, 0.29) is 26.6 Å². The Morgan fingerprint density at radius 2 is 2.06 bits per heavy atom. The van der Waals surface area contributed by atoms with Gasteiger partial charge in [-0.15, -0.1) is 0 Å². The molecule has 1 aromatic carbocycles. The predicted octanol–water partition coefficient (Wildman–Crippen LogP) is 3.21. The normalized spacial score (nSPS) is 11.3. The van der Waals surface area contributed by atoms with Crippen LogP contribution in [0.3, 0.4) is 0 Å². The van der Waals surface area contributed by atoms with E-state index in [9.17, 15) is 13.2 Å². The second-order valence-electron chi connectivity index (χ2n) is 2.92. The summed E-state index contributed by atoms with van der Waals surface area (Å²) in [5.74, 6) is -0.702. The van der Waals surface area contributed by atoms with Gasteiger partial charge in [-0.05, 0) is 35.0 Å². The number of carbonyl (C=O) groups is 1. The summed E-state index contributed by atoms with van der Waals surface area (Å²) >= 11 is 8.82. The summed E-state index contributed by atoms with van der Waals surface area (Å²) in [6.07, 6.45) is 0. The van der Waals surface area contributed by atoms with Crippen LogP contribution in [-0.4, -0.2) is 21.0 Å². The van der Waals surface area contributed by atoms with Gasteiger partial charge in [0, 0.05) is 15.2 Å². The number of rotatable bonds is 3. The summed E-state index contributed by atoms with van der Waals surface area (Å²) in [6.45, 7) is 1.79. The van der Waals surface area contributed by atoms with E-state index in [0.29, 0.717) is 0 Å². The molecule has 0 amide bonds. The van der Waals surface area contributed by atoms with E-state index in [0.717, 1.165) is 6.07 Å². The molecule has 4 nitrogen and oxygen atoms in total. The Kier molecular flexibility index (Phi) is 4.83. The Morgan fingerprint density at radius 3 is 2.53 bits per heavy atom. The predicted molar refractivity (Wildman–Crippen MR) is 68.1 cm³/mol. The van der Waals surface area contributed by atoms with Crippen LogP contribution >= 0.6 is 38.2 Å². The zero-order chi connectivity index (χ0) is 13.2. The lowest BCUT2D eigenvalue weighted by molar-refractivity contribution is 0.0526. The first-order valence-electron chi connectivity index (χ1n) is 4.38. The van der Waals surface area contributed by atoms with Crippen LogP contribution in [0.25, 0.3) is 0 Å². The number of hydrogen-bond donors (Lipinski definition) is 0. The largest absolute Gasteiger partial charge is 0.462 e. The summed E-state index contributed by atoms with van der Waals surface area (Å²) in [7, 11) is 1.25. The van der Waals surface area contributed by atoms with Crippen molar-refractivity contribution in [2.75, 3.05) is 6.61 Å². The first kappa shape index (κ1) is 14.8. The number of benzene rings is 1. The SMILES string of the molecule is CCOC(=O)c1cc(S(=O)(=O)Cl)c(Br)cc1Cl. The van der Waals surface area contributed by atoms with Gasteiger partial charge in [-0.1, -0.05) is 11.6 Å². The Hall–Kier alpha value is -0.300. The zero-order valence-corrected chi connectivity index (χ0v) is 12.5. The first-order valence-corrected chi connectivity index (χ1v) is 7.86. The smallest absolute Gasteiger partial charge is 0.339 e. The summed E-state index contributed by atoms with van der Waals surface area (Å²) in [5.41, 5.74) is -0.0454. The van der Waals surface area contributed by atoms with Crippen molar-refractivity contribution >= 4 is 53.2 Å². The van der Waals surface area contributed by atoms with Crippen LogP contribution in [0.4, 0.5) is 0 Å². The highest BCUT2D eigenvalue weighted by Crippen LogP contribution is 2.31. The van der Waals surface area contributed by atoms with Gasteiger partial charge in [0.25, 0.3) is 9.05 Å². The lowest BCUT2D eigenvalue weighted by Crippen LogP contribution is -2.07. The Labute approximate surface area is 116 Å². The molecule has 1 aromatic rings. The molecule has 0 unspecified atom stereocenters. The average Bonchev–Trinajstić information content (AvgIpc) is 2.15. The van der Waals surface area contributed by atoms with E-state index >= 15 is 0 Å². The molecule has 0 bridgehead atoms. The highest BCUT2D eigenvalue weighted by Gasteiger charge is 2.21. The molecule has 0 atom stereocenters. The molecule has 0 aliphatic rings. The van der Waals surface area contributed by atoms with Crippen LogP contribution in [0.2, 0.25) is 5.02 Å². The molecule has 0 aliphatic heterocycles. The number of ether oxygens (including phenoxy) is 1. The van der Waals surface area contributed by atoms with E-state index in [4.69, 9.17) is 27.0 Å². The number of carbonyl (C=O) groups excluding carboxylic acids is 1. The molecule has 0 saturated carbocycles. The second-order valence-corrected chi connectivity index (χ2v) is 6.72. The van der Waals surface area contributed by atoms with Crippen LogP contribution in [-0.2, 0) is 13.8 Å². The van der Waals surface area contributed by atoms with E-state index in [1.165, 1.54) is 6.07 Å². The Bertz CT molecular complexity index is 556. The Morgan fingerprint density at radius 1 is 1.47 bits per heavy atom. The van der Waals surface area contributed by atoms with Crippen molar-refractivity contribution in [3.63, 3.8) is 0 Å². The van der Waals surface area contributed by atoms with E-state index in [2.05, 4.69) is 15.9 Å². The van der Waals surface area contributed by atoms with Crippen LogP contribution in [0.5, 0.6) is 0 Å². The van der Waals surface area contributed by atoms with Crippen LogP contribution in [0, 0.1) is 0 Å². The summed E-state index contributed by atoms with van der Waals surface area (Å²) in [6, 6.07) is 2.36.